The lowest BCUT2D eigenvalue weighted by molar-refractivity contribution is -0.147. The number of fused-ring (bicyclic) bond motifs is 1. The van der Waals surface area contributed by atoms with E-state index in [0.717, 1.165) is 0 Å². The summed E-state index contributed by atoms with van der Waals surface area (Å²) in [6, 6.07) is 9.76. The second kappa shape index (κ2) is 7.40. The van der Waals surface area contributed by atoms with Crippen molar-refractivity contribution in [1.82, 2.24) is 0 Å². The monoisotopic (exact) mass is 392 g/mol. The van der Waals surface area contributed by atoms with Gasteiger partial charge >= 0.3 is 5.97 Å². The number of methoxy groups -OCH3 is 1. The van der Waals surface area contributed by atoms with E-state index in [0.29, 0.717) is 32.7 Å². The summed E-state index contributed by atoms with van der Waals surface area (Å²) in [6.45, 7) is 1.57. The standard InChI is InChI=1S/C19H14Cl2O5/c1-10(19(23)24-2)25-12-4-5-13-16(9-12)26-17(18(13)22)8-11-3-6-14(20)15(21)7-11/h3-10H,1-2H3/b17-8+/t10-/m0/s1. The Morgan fingerprint density at radius 1 is 1.15 bits per heavy atom. The minimum Gasteiger partial charge on any atom is -0.479 e. The Hall–Kier alpha value is -2.50. The van der Waals surface area contributed by atoms with Crippen molar-refractivity contribution in [3.63, 3.8) is 0 Å². The Morgan fingerprint density at radius 3 is 2.62 bits per heavy atom. The Kier molecular flexibility index (Phi) is 5.20. The third-order valence-electron chi connectivity index (χ3n) is 3.73. The molecule has 0 saturated carbocycles. The zero-order valence-electron chi connectivity index (χ0n) is 13.9. The molecular weight excluding hydrogens is 379 g/mol. The summed E-state index contributed by atoms with van der Waals surface area (Å²) in [7, 11) is 1.28. The van der Waals surface area contributed by atoms with Gasteiger partial charge in [-0.3, -0.25) is 4.79 Å². The van der Waals surface area contributed by atoms with Gasteiger partial charge in [0.2, 0.25) is 5.78 Å². The highest BCUT2D eigenvalue weighted by Crippen LogP contribution is 2.35. The van der Waals surface area contributed by atoms with E-state index in [1.165, 1.54) is 7.11 Å². The molecule has 0 saturated heterocycles. The molecule has 26 heavy (non-hydrogen) atoms. The summed E-state index contributed by atoms with van der Waals surface area (Å²) >= 11 is 11.9. The topological polar surface area (TPSA) is 61.8 Å². The zero-order chi connectivity index (χ0) is 18.8. The molecule has 0 spiro atoms. The minimum absolute atomic E-state index is 0.163. The highest BCUT2D eigenvalue weighted by molar-refractivity contribution is 6.42. The van der Waals surface area contributed by atoms with Crippen LogP contribution in [0.2, 0.25) is 10.0 Å². The quantitative estimate of drug-likeness (QED) is 0.564. The molecule has 3 rings (SSSR count). The number of esters is 1. The molecule has 2 aromatic rings. The third kappa shape index (κ3) is 3.69. The van der Waals surface area contributed by atoms with Crippen molar-refractivity contribution in [1.29, 1.82) is 0 Å². The number of hydrogen-bond donors (Lipinski definition) is 0. The molecule has 2 aromatic carbocycles. The summed E-state index contributed by atoms with van der Waals surface area (Å²) in [4.78, 5) is 23.9. The number of ether oxygens (including phenoxy) is 3. The molecule has 0 bridgehead atoms. The van der Waals surface area contributed by atoms with Gasteiger partial charge in [-0.2, -0.15) is 0 Å². The molecule has 0 amide bonds. The van der Waals surface area contributed by atoms with Gasteiger partial charge in [0.25, 0.3) is 0 Å². The molecular formula is C19H14Cl2O5. The number of carbonyl (C=O) groups is 2. The molecule has 7 heteroatoms. The molecule has 0 radical (unpaired) electrons. The van der Waals surface area contributed by atoms with Gasteiger partial charge < -0.3 is 14.2 Å². The van der Waals surface area contributed by atoms with Crippen LogP contribution in [0.1, 0.15) is 22.8 Å². The Labute approximate surface area is 160 Å². The molecule has 0 fully saturated rings. The summed E-state index contributed by atoms with van der Waals surface area (Å²) in [6.07, 6.45) is 0.809. The maximum absolute atomic E-state index is 12.5. The Morgan fingerprint density at radius 2 is 1.92 bits per heavy atom. The Bertz CT molecular complexity index is 920. The predicted molar refractivity (Wildman–Crippen MR) is 97.9 cm³/mol. The van der Waals surface area contributed by atoms with Crippen LogP contribution in [-0.2, 0) is 9.53 Å². The predicted octanol–water partition coefficient (Wildman–Crippen LogP) is 4.55. The Balaban J connectivity index is 1.83. The van der Waals surface area contributed by atoms with Crippen molar-refractivity contribution in [2.75, 3.05) is 7.11 Å². The van der Waals surface area contributed by atoms with E-state index in [4.69, 9.17) is 32.7 Å². The molecule has 1 atom stereocenters. The number of ketones is 1. The molecule has 0 aliphatic carbocycles. The van der Waals surface area contributed by atoms with E-state index in [1.54, 1.807) is 49.4 Å². The maximum Gasteiger partial charge on any atom is 0.346 e. The first-order valence-corrected chi connectivity index (χ1v) is 8.42. The molecule has 5 nitrogen and oxygen atoms in total. The molecule has 1 aliphatic heterocycles. The van der Waals surface area contributed by atoms with Crippen LogP contribution in [0.3, 0.4) is 0 Å². The zero-order valence-corrected chi connectivity index (χ0v) is 15.4. The lowest BCUT2D eigenvalue weighted by Gasteiger charge is -2.12. The second-order valence-corrected chi connectivity index (χ2v) is 6.37. The van der Waals surface area contributed by atoms with E-state index in [-0.39, 0.29) is 11.5 Å². The minimum atomic E-state index is -0.777. The van der Waals surface area contributed by atoms with Crippen molar-refractivity contribution < 1.29 is 23.8 Å². The van der Waals surface area contributed by atoms with Gasteiger partial charge in [-0.15, -0.1) is 0 Å². The summed E-state index contributed by atoms with van der Waals surface area (Å²) in [5.74, 6) is 0.166. The number of halogens is 2. The summed E-state index contributed by atoms with van der Waals surface area (Å²) < 4.78 is 15.8. The first-order chi connectivity index (χ1) is 12.4. The van der Waals surface area contributed by atoms with Crippen LogP contribution in [0.15, 0.2) is 42.2 Å². The lowest BCUT2D eigenvalue weighted by atomic mass is 10.1. The van der Waals surface area contributed by atoms with Gasteiger partial charge in [-0.25, -0.2) is 4.79 Å². The van der Waals surface area contributed by atoms with E-state index in [1.807, 2.05) is 0 Å². The van der Waals surface area contributed by atoms with Crippen LogP contribution < -0.4 is 9.47 Å². The van der Waals surface area contributed by atoms with E-state index in [2.05, 4.69) is 4.74 Å². The van der Waals surface area contributed by atoms with Crippen molar-refractivity contribution in [3.8, 4) is 11.5 Å². The van der Waals surface area contributed by atoms with Crippen molar-refractivity contribution in [2.24, 2.45) is 0 Å². The lowest BCUT2D eigenvalue weighted by Crippen LogP contribution is -2.24. The number of Topliss-reactive ketones (excluding diaryl/α,β-unsaturated/α-hetero) is 1. The summed E-state index contributed by atoms with van der Waals surface area (Å²) in [5, 5.41) is 0.814. The van der Waals surface area contributed by atoms with Gasteiger partial charge in [0.05, 0.1) is 22.7 Å². The van der Waals surface area contributed by atoms with E-state index in [9.17, 15) is 9.59 Å². The SMILES string of the molecule is COC(=O)[C@H](C)Oc1ccc2c(c1)O/C(=C/c1ccc(Cl)c(Cl)c1)C2=O. The average Bonchev–Trinajstić information content (AvgIpc) is 2.92. The fraction of sp³-hybridized carbons (Fsp3) is 0.158. The smallest absolute Gasteiger partial charge is 0.346 e. The molecule has 0 unspecified atom stereocenters. The average molecular weight is 393 g/mol. The number of allylic oxidation sites excluding steroid dienone is 1. The van der Waals surface area contributed by atoms with Gasteiger partial charge in [0, 0.05) is 6.07 Å². The van der Waals surface area contributed by atoms with Crippen LogP contribution in [0.5, 0.6) is 11.5 Å². The molecule has 0 aromatic heterocycles. The molecule has 1 aliphatic rings. The number of hydrogen-bond acceptors (Lipinski definition) is 5. The van der Waals surface area contributed by atoms with Gasteiger partial charge in [-0.05, 0) is 42.8 Å². The van der Waals surface area contributed by atoms with E-state index < -0.39 is 12.1 Å². The normalized spacial score (nSPS) is 15.4. The molecule has 134 valence electrons. The van der Waals surface area contributed by atoms with Crippen LogP contribution >= 0.6 is 23.2 Å². The second-order valence-electron chi connectivity index (χ2n) is 5.55. The van der Waals surface area contributed by atoms with Crippen molar-refractivity contribution >= 4 is 41.0 Å². The van der Waals surface area contributed by atoms with E-state index >= 15 is 0 Å². The molecule has 0 N–H and O–H groups in total. The van der Waals surface area contributed by atoms with Crippen LogP contribution in [0, 0.1) is 0 Å². The third-order valence-corrected chi connectivity index (χ3v) is 4.47. The number of benzene rings is 2. The highest BCUT2D eigenvalue weighted by atomic mass is 35.5. The fourth-order valence-corrected chi connectivity index (χ4v) is 2.72. The van der Waals surface area contributed by atoms with Gasteiger partial charge in [-0.1, -0.05) is 29.3 Å². The largest absolute Gasteiger partial charge is 0.479 e. The van der Waals surface area contributed by atoms with Crippen LogP contribution in [-0.4, -0.2) is 25.0 Å². The number of carbonyl (C=O) groups excluding carboxylic acids is 2. The van der Waals surface area contributed by atoms with Gasteiger partial charge in [0.15, 0.2) is 11.9 Å². The van der Waals surface area contributed by atoms with Crippen LogP contribution in [0.4, 0.5) is 0 Å². The highest BCUT2D eigenvalue weighted by Gasteiger charge is 2.28. The van der Waals surface area contributed by atoms with Crippen LogP contribution in [0.25, 0.3) is 6.08 Å². The first-order valence-electron chi connectivity index (χ1n) is 7.67. The van der Waals surface area contributed by atoms with Gasteiger partial charge in [0.1, 0.15) is 11.5 Å². The van der Waals surface area contributed by atoms with Crippen molar-refractivity contribution in [3.05, 3.63) is 63.3 Å². The maximum atomic E-state index is 12.5. The molecule has 1 heterocycles. The summed E-state index contributed by atoms with van der Waals surface area (Å²) in [5.41, 5.74) is 1.10. The number of rotatable bonds is 4. The fourth-order valence-electron chi connectivity index (χ4n) is 2.41. The van der Waals surface area contributed by atoms with Crippen molar-refractivity contribution in [2.45, 2.75) is 13.0 Å². The first kappa shape index (κ1) is 18.3.